The number of halogens is 1. The van der Waals surface area contributed by atoms with Gasteiger partial charge in [0.2, 0.25) is 11.7 Å². The van der Waals surface area contributed by atoms with Crippen molar-refractivity contribution in [3.05, 3.63) is 59.4 Å². The van der Waals surface area contributed by atoms with Crippen LogP contribution in [0.3, 0.4) is 0 Å². The zero-order valence-corrected chi connectivity index (χ0v) is 19.3. The van der Waals surface area contributed by atoms with E-state index in [0.717, 1.165) is 24.2 Å². The average molecular weight is 443 g/mol. The quantitative estimate of drug-likeness (QED) is 0.607. The summed E-state index contributed by atoms with van der Waals surface area (Å²) in [6.45, 7) is 6.27. The molecule has 0 unspecified atom stereocenters. The summed E-state index contributed by atoms with van der Waals surface area (Å²) < 4.78 is 29.3. The summed E-state index contributed by atoms with van der Waals surface area (Å²) in [4.78, 5) is 17.2. The van der Waals surface area contributed by atoms with Crippen LogP contribution in [-0.2, 0) is 11.3 Å². The van der Waals surface area contributed by atoms with Crippen LogP contribution in [0.1, 0.15) is 25.0 Å². The van der Waals surface area contributed by atoms with Crippen LogP contribution >= 0.6 is 0 Å². The zero-order valence-electron chi connectivity index (χ0n) is 19.3. The molecule has 6 nitrogen and oxygen atoms in total. The maximum Gasteiger partial charge on any atom is 0.246 e. The molecule has 1 aliphatic heterocycles. The topological polar surface area (TPSA) is 51.2 Å². The van der Waals surface area contributed by atoms with Crippen molar-refractivity contribution in [2.75, 3.05) is 34.4 Å². The van der Waals surface area contributed by atoms with Crippen molar-refractivity contribution >= 4 is 12.0 Å². The van der Waals surface area contributed by atoms with Crippen molar-refractivity contribution in [3.63, 3.8) is 0 Å². The van der Waals surface area contributed by atoms with Gasteiger partial charge in [-0.15, -0.1) is 0 Å². The third-order valence-corrected chi connectivity index (χ3v) is 5.80. The molecule has 3 rings (SSSR count). The van der Waals surface area contributed by atoms with Gasteiger partial charge in [0.05, 0.1) is 21.3 Å². The number of carbonyl (C=O) groups is 1. The van der Waals surface area contributed by atoms with Crippen molar-refractivity contribution in [1.82, 2.24) is 9.80 Å². The van der Waals surface area contributed by atoms with Gasteiger partial charge in [0.25, 0.3) is 0 Å². The first-order valence-corrected chi connectivity index (χ1v) is 10.6. The fraction of sp³-hybridized carbons (Fsp3) is 0.400. The Labute approximate surface area is 189 Å². The van der Waals surface area contributed by atoms with Crippen LogP contribution in [0.4, 0.5) is 4.39 Å². The van der Waals surface area contributed by atoms with Crippen molar-refractivity contribution in [3.8, 4) is 17.2 Å². The summed E-state index contributed by atoms with van der Waals surface area (Å²) in [5.41, 5.74) is 1.84. The van der Waals surface area contributed by atoms with Gasteiger partial charge in [-0.3, -0.25) is 9.69 Å². The van der Waals surface area contributed by atoms with Gasteiger partial charge in [0.1, 0.15) is 5.82 Å². The van der Waals surface area contributed by atoms with E-state index in [4.69, 9.17) is 14.2 Å². The third kappa shape index (κ3) is 5.40. The number of carbonyl (C=O) groups excluding carboxylic acids is 1. The number of methoxy groups -OCH3 is 3. The molecule has 0 aliphatic carbocycles. The smallest absolute Gasteiger partial charge is 0.246 e. The molecule has 0 N–H and O–H groups in total. The van der Waals surface area contributed by atoms with E-state index in [1.54, 1.807) is 45.6 Å². The Morgan fingerprint density at radius 2 is 1.62 bits per heavy atom. The van der Waals surface area contributed by atoms with E-state index in [1.165, 1.54) is 12.1 Å². The monoisotopic (exact) mass is 442 g/mol. The molecule has 7 heteroatoms. The number of hydrogen-bond acceptors (Lipinski definition) is 5. The summed E-state index contributed by atoms with van der Waals surface area (Å²) in [5, 5.41) is 0. The molecule has 2 aromatic carbocycles. The number of amides is 1. The molecule has 1 saturated heterocycles. The largest absolute Gasteiger partial charge is 0.493 e. The molecule has 172 valence electrons. The first kappa shape index (κ1) is 23.6. The van der Waals surface area contributed by atoms with Gasteiger partial charge >= 0.3 is 0 Å². The summed E-state index contributed by atoms with van der Waals surface area (Å²) in [5.74, 6) is 1.31. The lowest BCUT2D eigenvalue weighted by Gasteiger charge is -2.44. The lowest BCUT2D eigenvalue weighted by atomic mass is 10.1. The van der Waals surface area contributed by atoms with Crippen LogP contribution < -0.4 is 14.2 Å². The van der Waals surface area contributed by atoms with Gasteiger partial charge in [-0.05, 0) is 55.3 Å². The number of nitrogens with zero attached hydrogens (tertiary/aromatic N) is 2. The lowest BCUT2D eigenvalue weighted by Crippen LogP contribution is -2.57. The van der Waals surface area contributed by atoms with Crippen LogP contribution in [0, 0.1) is 5.82 Å². The van der Waals surface area contributed by atoms with Crippen LogP contribution in [0.25, 0.3) is 6.08 Å². The maximum atomic E-state index is 13.2. The van der Waals surface area contributed by atoms with Crippen molar-refractivity contribution in [1.29, 1.82) is 0 Å². The Balaban J connectivity index is 1.68. The van der Waals surface area contributed by atoms with Crippen LogP contribution in [0.5, 0.6) is 17.2 Å². The summed E-state index contributed by atoms with van der Waals surface area (Å²) in [6.07, 6.45) is 3.34. The Hall–Kier alpha value is -3.06. The Bertz CT molecular complexity index is 936. The van der Waals surface area contributed by atoms with Crippen LogP contribution in [0.15, 0.2) is 42.5 Å². The minimum Gasteiger partial charge on any atom is -0.493 e. The number of piperazine rings is 1. The van der Waals surface area contributed by atoms with Gasteiger partial charge in [-0.1, -0.05) is 12.1 Å². The van der Waals surface area contributed by atoms with Crippen LogP contribution in [-0.4, -0.2) is 62.2 Å². The molecule has 2 aromatic rings. The Morgan fingerprint density at radius 3 is 2.19 bits per heavy atom. The van der Waals surface area contributed by atoms with Gasteiger partial charge in [-0.2, -0.15) is 0 Å². The van der Waals surface area contributed by atoms with Gasteiger partial charge in [-0.25, -0.2) is 4.39 Å². The summed E-state index contributed by atoms with van der Waals surface area (Å²) in [7, 11) is 4.67. The minimum atomic E-state index is -0.232. The first-order chi connectivity index (χ1) is 15.4. The number of benzene rings is 2. The minimum absolute atomic E-state index is 0.0421. The van der Waals surface area contributed by atoms with E-state index in [1.807, 2.05) is 17.0 Å². The SMILES string of the molecule is COc1cc(C=CC(=O)N2C[C@@H](C)N(Cc3ccc(F)cc3)C[C@@H]2C)cc(OC)c1OC. The molecule has 0 bridgehead atoms. The van der Waals surface area contributed by atoms with Crippen molar-refractivity contribution < 1.29 is 23.4 Å². The molecule has 1 fully saturated rings. The molecule has 1 aliphatic rings. The highest BCUT2D eigenvalue weighted by molar-refractivity contribution is 5.92. The third-order valence-electron chi connectivity index (χ3n) is 5.80. The summed E-state index contributed by atoms with van der Waals surface area (Å²) in [6, 6.07) is 10.4. The normalized spacial score (nSPS) is 19.2. The molecule has 2 atom stereocenters. The van der Waals surface area contributed by atoms with Crippen LogP contribution in [0.2, 0.25) is 0 Å². The number of ether oxygens (including phenoxy) is 3. The molecule has 0 radical (unpaired) electrons. The highest BCUT2D eigenvalue weighted by Gasteiger charge is 2.31. The Kier molecular flexibility index (Phi) is 7.75. The second kappa shape index (κ2) is 10.5. The number of rotatable bonds is 7. The zero-order chi connectivity index (χ0) is 23.3. The van der Waals surface area contributed by atoms with E-state index in [-0.39, 0.29) is 23.8 Å². The Morgan fingerprint density at radius 1 is 1.00 bits per heavy atom. The molecule has 0 saturated carbocycles. The molecule has 0 aromatic heterocycles. The second-order valence-corrected chi connectivity index (χ2v) is 8.04. The molecule has 1 amide bonds. The average Bonchev–Trinajstić information content (AvgIpc) is 2.80. The molecule has 0 spiro atoms. The van der Waals surface area contributed by atoms with Crippen molar-refractivity contribution in [2.45, 2.75) is 32.5 Å². The highest BCUT2D eigenvalue weighted by Crippen LogP contribution is 2.38. The van der Waals surface area contributed by atoms with E-state index >= 15 is 0 Å². The van der Waals surface area contributed by atoms with E-state index < -0.39 is 0 Å². The second-order valence-electron chi connectivity index (χ2n) is 8.04. The van der Waals surface area contributed by atoms with Gasteiger partial charge < -0.3 is 19.1 Å². The summed E-state index contributed by atoms with van der Waals surface area (Å²) >= 11 is 0. The predicted molar refractivity (Wildman–Crippen MR) is 123 cm³/mol. The maximum absolute atomic E-state index is 13.2. The van der Waals surface area contributed by atoms with E-state index in [9.17, 15) is 9.18 Å². The number of hydrogen-bond donors (Lipinski definition) is 0. The lowest BCUT2D eigenvalue weighted by molar-refractivity contribution is -0.131. The predicted octanol–water partition coefficient (Wildman–Crippen LogP) is 3.99. The molecule has 32 heavy (non-hydrogen) atoms. The molecular weight excluding hydrogens is 411 g/mol. The van der Waals surface area contributed by atoms with E-state index in [2.05, 4.69) is 18.7 Å². The van der Waals surface area contributed by atoms with Gasteiger partial charge in [0.15, 0.2) is 11.5 Å². The fourth-order valence-electron chi connectivity index (χ4n) is 4.01. The molecule has 1 heterocycles. The van der Waals surface area contributed by atoms with Crippen molar-refractivity contribution in [2.24, 2.45) is 0 Å². The molecular formula is C25H31FN2O4. The first-order valence-electron chi connectivity index (χ1n) is 10.6. The van der Waals surface area contributed by atoms with Gasteiger partial charge in [0, 0.05) is 37.8 Å². The highest BCUT2D eigenvalue weighted by atomic mass is 19.1. The standard InChI is InChI=1S/C25H31FN2O4/c1-17-15-28(18(2)14-27(17)16-19-6-9-21(26)10-7-19)24(29)11-8-20-12-22(30-3)25(32-5)23(13-20)31-4/h6-13,17-18H,14-16H2,1-5H3/t17-,18+/m1/s1. The van der Waals surface area contributed by atoms with E-state index in [0.29, 0.717) is 23.8 Å². The fourth-order valence-corrected chi connectivity index (χ4v) is 4.01.